The first-order chi connectivity index (χ1) is 17.4. The Balaban J connectivity index is 1.42. The molecule has 1 aliphatic heterocycles. The molecule has 0 spiro atoms. The van der Waals surface area contributed by atoms with Crippen molar-refractivity contribution in [2.24, 2.45) is 4.99 Å². The quantitative estimate of drug-likeness (QED) is 0.215. The van der Waals surface area contributed by atoms with Gasteiger partial charge in [0.25, 0.3) is 5.91 Å². The van der Waals surface area contributed by atoms with Crippen LogP contribution in [0.15, 0.2) is 76.6 Å². The van der Waals surface area contributed by atoms with Crippen molar-refractivity contribution in [3.8, 4) is 11.5 Å². The molecule has 37 heavy (non-hydrogen) atoms. The van der Waals surface area contributed by atoms with E-state index in [-0.39, 0.29) is 28.0 Å². The number of nitrogen functional groups attached to an aromatic ring is 1. The maximum Gasteiger partial charge on any atom is 0.516 e. The number of sulfonamides is 1. The summed E-state index contributed by atoms with van der Waals surface area (Å²) < 4.78 is 80.7. The molecule has 3 aromatic carbocycles. The lowest BCUT2D eigenvalue weighted by molar-refractivity contribution is -0.115. The molecule has 14 heteroatoms. The number of hydrogen-bond acceptors (Lipinski definition) is 7. The Kier molecular flexibility index (Phi) is 7.14. The number of nitrogens with one attached hydrogen (secondary N) is 2. The summed E-state index contributed by atoms with van der Waals surface area (Å²) in [4.78, 5) is 16.8. The van der Waals surface area contributed by atoms with E-state index in [1.807, 2.05) is 0 Å². The molecule has 0 saturated carbocycles. The molecule has 192 valence electrons. The molecule has 0 atom stereocenters. The van der Waals surface area contributed by atoms with Gasteiger partial charge in [-0.3, -0.25) is 9.52 Å². The van der Waals surface area contributed by atoms with Gasteiger partial charge in [-0.25, -0.2) is 9.38 Å². The van der Waals surface area contributed by atoms with Gasteiger partial charge in [0.05, 0.1) is 10.6 Å². The molecule has 0 radical (unpaired) electrons. The topological polar surface area (TPSA) is 123 Å². The second-order valence-electron chi connectivity index (χ2n) is 7.44. The van der Waals surface area contributed by atoms with E-state index in [0.29, 0.717) is 16.2 Å². The summed E-state index contributed by atoms with van der Waals surface area (Å²) in [7, 11) is -5.54. The molecular formula is C23H16F4N4O4S2. The zero-order valence-corrected chi connectivity index (χ0v) is 20.0. The SMILES string of the molecule is Nc1ccc(Oc2ccc(C=C3SC(=Nc4ccc(NS(=O)(=O)C(F)(F)F)cc4)NC3=O)cc2)c(F)c1. The van der Waals surface area contributed by atoms with Crippen molar-refractivity contribution in [2.45, 2.75) is 5.51 Å². The molecule has 4 rings (SSSR count). The van der Waals surface area contributed by atoms with E-state index in [9.17, 15) is 30.8 Å². The highest BCUT2D eigenvalue weighted by Gasteiger charge is 2.46. The van der Waals surface area contributed by atoms with E-state index < -0.39 is 27.3 Å². The molecule has 0 bridgehead atoms. The Bertz CT molecular complexity index is 1510. The van der Waals surface area contributed by atoms with Gasteiger partial charge in [-0.1, -0.05) is 12.1 Å². The number of rotatable bonds is 6. The Morgan fingerprint density at radius 2 is 1.70 bits per heavy atom. The molecule has 8 nitrogen and oxygen atoms in total. The summed E-state index contributed by atoms with van der Waals surface area (Å²) in [5.41, 5.74) is 0.984. The second kappa shape index (κ2) is 10.1. The van der Waals surface area contributed by atoms with E-state index in [4.69, 9.17) is 10.5 Å². The number of amidine groups is 1. The lowest BCUT2D eigenvalue weighted by Crippen LogP contribution is -2.29. The van der Waals surface area contributed by atoms with E-state index in [0.717, 1.165) is 30.0 Å². The Morgan fingerprint density at radius 3 is 2.32 bits per heavy atom. The lowest BCUT2D eigenvalue weighted by atomic mass is 10.2. The van der Waals surface area contributed by atoms with Crippen molar-refractivity contribution >= 4 is 56.0 Å². The summed E-state index contributed by atoms with van der Waals surface area (Å²) in [6.45, 7) is 0. The summed E-state index contributed by atoms with van der Waals surface area (Å²) in [5, 5.41) is 2.79. The standard InChI is InChI=1S/C23H16F4N4O4S2/c24-18-12-14(28)3-10-19(18)35-17-8-1-13(2-9-17)11-20-21(32)30-22(36-20)29-15-4-6-16(7-5-15)31-37(33,34)23(25,26)27/h1-12,31H,28H2,(H,29,30,32). The van der Waals surface area contributed by atoms with Crippen LogP contribution in [0.2, 0.25) is 0 Å². The van der Waals surface area contributed by atoms with Gasteiger partial charge in [-0.2, -0.15) is 21.6 Å². The van der Waals surface area contributed by atoms with E-state index in [1.165, 1.54) is 29.0 Å². The maximum absolute atomic E-state index is 13.9. The summed E-state index contributed by atoms with van der Waals surface area (Å²) in [5.74, 6) is -0.632. The first-order valence-corrected chi connectivity index (χ1v) is 12.5. The minimum atomic E-state index is -5.54. The number of carbonyl (C=O) groups is 1. The van der Waals surface area contributed by atoms with E-state index in [1.54, 1.807) is 30.3 Å². The molecule has 0 aliphatic carbocycles. The van der Waals surface area contributed by atoms with Crippen LogP contribution in [0, 0.1) is 5.82 Å². The lowest BCUT2D eigenvalue weighted by Gasteiger charge is -2.10. The highest BCUT2D eigenvalue weighted by molar-refractivity contribution is 8.18. The van der Waals surface area contributed by atoms with Crippen LogP contribution in [0.25, 0.3) is 6.08 Å². The Labute approximate surface area is 212 Å². The number of nitrogens with zero attached hydrogens (tertiary/aromatic N) is 1. The molecule has 1 fully saturated rings. The van der Waals surface area contributed by atoms with Gasteiger partial charge >= 0.3 is 15.5 Å². The molecule has 4 N–H and O–H groups in total. The number of aliphatic imine (C=N–C) groups is 1. The number of carbonyl (C=O) groups excluding carboxylic acids is 1. The fourth-order valence-electron chi connectivity index (χ4n) is 2.93. The zero-order chi connectivity index (χ0) is 26.8. The molecule has 1 amide bonds. The number of thioether (sulfide) groups is 1. The summed E-state index contributed by atoms with van der Waals surface area (Å²) >= 11 is 1.03. The third-order valence-electron chi connectivity index (χ3n) is 4.67. The van der Waals surface area contributed by atoms with Crippen LogP contribution < -0.4 is 20.5 Å². The number of benzene rings is 3. The van der Waals surface area contributed by atoms with Crippen molar-refractivity contribution in [1.82, 2.24) is 5.32 Å². The average molecular weight is 553 g/mol. The highest BCUT2D eigenvalue weighted by Crippen LogP contribution is 2.31. The third-order valence-corrected chi connectivity index (χ3v) is 6.69. The predicted molar refractivity (Wildman–Crippen MR) is 133 cm³/mol. The second-order valence-corrected chi connectivity index (χ2v) is 10.1. The van der Waals surface area contributed by atoms with Crippen LogP contribution in [-0.4, -0.2) is 25.0 Å². The van der Waals surface area contributed by atoms with Crippen molar-refractivity contribution in [2.75, 3.05) is 10.5 Å². The monoisotopic (exact) mass is 552 g/mol. The normalized spacial score (nSPS) is 16.2. The smallest absolute Gasteiger partial charge is 0.454 e. The number of amides is 1. The van der Waals surface area contributed by atoms with Crippen LogP contribution in [0.4, 0.5) is 34.6 Å². The minimum Gasteiger partial charge on any atom is -0.454 e. The van der Waals surface area contributed by atoms with Crippen LogP contribution >= 0.6 is 11.8 Å². The number of anilines is 2. The molecule has 0 aromatic heterocycles. The molecule has 0 unspecified atom stereocenters. The van der Waals surface area contributed by atoms with Gasteiger partial charge in [-0.05, 0) is 71.9 Å². The van der Waals surface area contributed by atoms with Crippen molar-refractivity contribution in [3.05, 3.63) is 83.0 Å². The van der Waals surface area contributed by atoms with Crippen LogP contribution in [0.1, 0.15) is 5.56 Å². The molecule has 3 aromatic rings. The fraction of sp³-hybridized carbons (Fsp3) is 0.0435. The first-order valence-electron chi connectivity index (χ1n) is 10.2. The van der Waals surface area contributed by atoms with Crippen LogP contribution in [0.5, 0.6) is 11.5 Å². The number of halogens is 4. The Morgan fingerprint density at radius 1 is 1.03 bits per heavy atom. The van der Waals surface area contributed by atoms with Crippen molar-refractivity contribution < 1.29 is 35.5 Å². The summed E-state index contributed by atoms with van der Waals surface area (Å²) in [6.07, 6.45) is 1.60. The van der Waals surface area contributed by atoms with Gasteiger partial charge in [0, 0.05) is 17.4 Å². The van der Waals surface area contributed by atoms with Crippen molar-refractivity contribution in [1.29, 1.82) is 0 Å². The van der Waals surface area contributed by atoms with E-state index >= 15 is 0 Å². The van der Waals surface area contributed by atoms with Crippen molar-refractivity contribution in [3.63, 3.8) is 0 Å². The molecule has 1 saturated heterocycles. The van der Waals surface area contributed by atoms with Gasteiger partial charge in [0.1, 0.15) is 5.75 Å². The number of nitrogens with two attached hydrogens (primary N) is 1. The zero-order valence-electron chi connectivity index (χ0n) is 18.4. The maximum atomic E-state index is 13.9. The van der Waals surface area contributed by atoms with Gasteiger partial charge in [0.2, 0.25) is 0 Å². The number of hydrogen-bond donors (Lipinski definition) is 3. The van der Waals surface area contributed by atoms with Crippen LogP contribution in [0.3, 0.4) is 0 Å². The number of alkyl halides is 3. The average Bonchev–Trinajstić information content (AvgIpc) is 3.15. The van der Waals surface area contributed by atoms with Gasteiger partial charge < -0.3 is 15.8 Å². The molecule has 1 aliphatic rings. The van der Waals surface area contributed by atoms with E-state index in [2.05, 4.69) is 10.3 Å². The highest BCUT2D eigenvalue weighted by atomic mass is 32.2. The number of ether oxygens (including phenoxy) is 1. The largest absolute Gasteiger partial charge is 0.516 e. The minimum absolute atomic E-state index is 0.0117. The first kappa shape index (κ1) is 26.0. The summed E-state index contributed by atoms with van der Waals surface area (Å²) in [6, 6.07) is 15.4. The molecular weight excluding hydrogens is 536 g/mol. The Hall–Kier alpha value is -4.04. The van der Waals surface area contributed by atoms with Gasteiger partial charge in [-0.15, -0.1) is 0 Å². The predicted octanol–water partition coefficient (Wildman–Crippen LogP) is 5.35. The molecule has 1 heterocycles. The van der Waals surface area contributed by atoms with Crippen LogP contribution in [-0.2, 0) is 14.8 Å². The van der Waals surface area contributed by atoms with Gasteiger partial charge in [0.15, 0.2) is 16.7 Å². The fourth-order valence-corrected chi connectivity index (χ4v) is 4.33. The third kappa shape index (κ3) is 6.40.